The molecule has 0 aliphatic carbocycles. The summed E-state index contributed by atoms with van der Waals surface area (Å²) in [5.41, 5.74) is 6.34. The van der Waals surface area contributed by atoms with Crippen molar-refractivity contribution in [3.05, 3.63) is 53.3 Å². The van der Waals surface area contributed by atoms with Gasteiger partial charge < -0.3 is 15.4 Å². The Morgan fingerprint density at radius 2 is 2.33 bits per heavy atom. The van der Waals surface area contributed by atoms with Gasteiger partial charge in [0.25, 0.3) is 0 Å². The summed E-state index contributed by atoms with van der Waals surface area (Å²) in [6, 6.07) is 9.08. The summed E-state index contributed by atoms with van der Waals surface area (Å²) in [6.45, 7) is 2.88. The Bertz CT molecular complexity index is 815. The van der Waals surface area contributed by atoms with Crippen LogP contribution in [-0.4, -0.2) is 22.6 Å². The van der Waals surface area contributed by atoms with E-state index in [-0.39, 0.29) is 11.7 Å². The van der Waals surface area contributed by atoms with Gasteiger partial charge in [-0.2, -0.15) is 5.26 Å². The number of benzene rings is 1. The molecule has 24 heavy (non-hydrogen) atoms. The lowest BCUT2D eigenvalue weighted by Gasteiger charge is -2.21. The highest BCUT2D eigenvalue weighted by atomic mass is 16.4. The van der Waals surface area contributed by atoms with Gasteiger partial charge in [-0.25, -0.2) is 10.2 Å². The van der Waals surface area contributed by atoms with E-state index in [1.807, 2.05) is 17.1 Å². The van der Waals surface area contributed by atoms with Crippen LogP contribution in [0.5, 0.6) is 0 Å². The highest BCUT2D eigenvalue weighted by molar-refractivity contribution is 5.94. The SMILES string of the molecule is CCCN1NC(Nc2cnccc2C(=O)O)c2cc(C#N)ccc21. The average Bonchev–Trinajstić information content (AvgIpc) is 2.92. The topological polar surface area (TPSA) is 101 Å². The second kappa shape index (κ2) is 6.56. The van der Waals surface area contributed by atoms with Crippen LogP contribution >= 0.6 is 0 Å². The largest absolute Gasteiger partial charge is 0.478 e. The number of carboxylic acids is 1. The molecule has 1 unspecified atom stereocenters. The molecule has 7 nitrogen and oxygen atoms in total. The van der Waals surface area contributed by atoms with Gasteiger partial charge in [0.1, 0.15) is 6.17 Å². The minimum Gasteiger partial charge on any atom is -0.478 e. The number of fused-ring (bicyclic) bond motifs is 1. The molecule has 1 atom stereocenters. The molecule has 1 aliphatic heterocycles. The predicted molar refractivity (Wildman–Crippen MR) is 89.5 cm³/mol. The standard InChI is InChI=1S/C17H17N5O2/c1-2-7-22-15-4-3-11(9-18)8-13(15)16(21-22)20-14-10-19-6-5-12(14)17(23)24/h3-6,8,10,16,20-21H,2,7H2,1H3,(H,23,24). The van der Waals surface area contributed by atoms with Crippen molar-refractivity contribution in [2.24, 2.45) is 0 Å². The fourth-order valence-corrected chi connectivity index (χ4v) is 2.77. The van der Waals surface area contributed by atoms with E-state index in [0.29, 0.717) is 11.3 Å². The molecular formula is C17H17N5O2. The summed E-state index contributed by atoms with van der Waals surface area (Å²) in [5.74, 6) is -1.02. The summed E-state index contributed by atoms with van der Waals surface area (Å²) in [4.78, 5) is 15.4. The molecule has 122 valence electrons. The van der Waals surface area contributed by atoms with Crippen LogP contribution in [0.3, 0.4) is 0 Å². The maximum atomic E-state index is 11.4. The predicted octanol–water partition coefficient (Wildman–Crippen LogP) is 2.50. The zero-order valence-corrected chi connectivity index (χ0v) is 13.2. The quantitative estimate of drug-likeness (QED) is 0.777. The van der Waals surface area contributed by atoms with Crippen LogP contribution in [0.15, 0.2) is 36.7 Å². The number of hydrogen-bond acceptors (Lipinski definition) is 6. The zero-order chi connectivity index (χ0) is 17.1. The van der Waals surface area contributed by atoms with Crippen molar-refractivity contribution in [1.29, 1.82) is 5.26 Å². The molecule has 1 aromatic heterocycles. The van der Waals surface area contributed by atoms with E-state index in [1.165, 1.54) is 18.5 Å². The minimum atomic E-state index is -1.02. The third-order valence-corrected chi connectivity index (χ3v) is 3.84. The molecule has 1 aliphatic rings. The van der Waals surface area contributed by atoms with Crippen molar-refractivity contribution in [3.8, 4) is 6.07 Å². The number of pyridine rings is 1. The van der Waals surface area contributed by atoms with Crippen molar-refractivity contribution >= 4 is 17.3 Å². The first-order valence-corrected chi connectivity index (χ1v) is 7.65. The number of nitriles is 1. The number of hydrazine groups is 1. The second-order valence-electron chi connectivity index (χ2n) is 5.47. The normalized spacial score (nSPS) is 15.7. The molecule has 3 rings (SSSR count). The number of nitrogens with one attached hydrogen (secondary N) is 2. The monoisotopic (exact) mass is 323 g/mol. The van der Waals surface area contributed by atoms with E-state index >= 15 is 0 Å². The highest BCUT2D eigenvalue weighted by Crippen LogP contribution is 2.34. The summed E-state index contributed by atoms with van der Waals surface area (Å²) in [7, 11) is 0. The lowest BCUT2D eigenvalue weighted by Crippen LogP contribution is -2.37. The zero-order valence-electron chi connectivity index (χ0n) is 13.2. The van der Waals surface area contributed by atoms with Crippen molar-refractivity contribution in [2.75, 3.05) is 16.9 Å². The molecule has 2 heterocycles. The van der Waals surface area contributed by atoms with Crippen LogP contribution in [0.25, 0.3) is 0 Å². The Labute approximate surface area is 139 Å². The molecule has 3 N–H and O–H groups in total. The summed E-state index contributed by atoms with van der Waals surface area (Å²) in [6.07, 6.45) is 3.55. The van der Waals surface area contributed by atoms with Gasteiger partial charge >= 0.3 is 5.97 Å². The van der Waals surface area contributed by atoms with Crippen molar-refractivity contribution in [1.82, 2.24) is 10.4 Å². The summed E-state index contributed by atoms with van der Waals surface area (Å²) < 4.78 is 0. The third kappa shape index (κ3) is 2.87. The number of hydrogen-bond donors (Lipinski definition) is 3. The molecule has 0 bridgehead atoms. The van der Waals surface area contributed by atoms with Crippen LogP contribution in [-0.2, 0) is 0 Å². The molecule has 1 aromatic carbocycles. The second-order valence-corrected chi connectivity index (χ2v) is 5.47. The van der Waals surface area contributed by atoms with E-state index in [9.17, 15) is 9.90 Å². The van der Waals surface area contributed by atoms with Gasteiger partial charge in [0.2, 0.25) is 0 Å². The highest BCUT2D eigenvalue weighted by Gasteiger charge is 2.28. The van der Waals surface area contributed by atoms with Crippen LogP contribution < -0.4 is 15.8 Å². The number of carbonyl (C=O) groups is 1. The lowest BCUT2D eigenvalue weighted by molar-refractivity contribution is 0.0697. The van der Waals surface area contributed by atoms with Gasteiger partial charge in [-0.15, -0.1) is 0 Å². The number of rotatable bonds is 5. The van der Waals surface area contributed by atoms with Crippen LogP contribution in [0.4, 0.5) is 11.4 Å². The number of aromatic carboxylic acids is 1. The molecular weight excluding hydrogens is 306 g/mol. The van der Waals surface area contributed by atoms with E-state index in [0.717, 1.165) is 24.2 Å². The molecule has 0 saturated carbocycles. The Morgan fingerprint density at radius 1 is 1.50 bits per heavy atom. The number of nitrogens with zero attached hydrogens (tertiary/aromatic N) is 3. The van der Waals surface area contributed by atoms with Crippen LogP contribution in [0.2, 0.25) is 0 Å². The van der Waals surface area contributed by atoms with Crippen molar-refractivity contribution in [2.45, 2.75) is 19.5 Å². The fourth-order valence-electron chi connectivity index (χ4n) is 2.77. The van der Waals surface area contributed by atoms with Gasteiger partial charge in [0.15, 0.2) is 0 Å². The van der Waals surface area contributed by atoms with E-state index < -0.39 is 5.97 Å². The van der Waals surface area contributed by atoms with Crippen molar-refractivity contribution in [3.63, 3.8) is 0 Å². The summed E-state index contributed by atoms with van der Waals surface area (Å²) in [5, 5.41) is 23.6. The van der Waals surface area contributed by atoms with Crippen LogP contribution in [0.1, 0.15) is 41.0 Å². The molecule has 0 amide bonds. The van der Waals surface area contributed by atoms with Gasteiger partial charge in [0.05, 0.1) is 34.8 Å². The van der Waals surface area contributed by atoms with E-state index in [1.54, 1.807) is 6.07 Å². The molecule has 0 saturated heterocycles. The van der Waals surface area contributed by atoms with Gasteiger partial charge in [-0.05, 0) is 30.7 Å². The molecule has 0 fully saturated rings. The fraction of sp³-hybridized carbons (Fsp3) is 0.235. The number of carboxylic acid groups (broad SMARTS) is 1. The first-order valence-electron chi connectivity index (χ1n) is 7.65. The minimum absolute atomic E-state index is 0.152. The Morgan fingerprint density at radius 3 is 3.04 bits per heavy atom. The molecule has 7 heteroatoms. The van der Waals surface area contributed by atoms with Gasteiger partial charge in [0, 0.05) is 18.3 Å². The lowest BCUT2D eigenvalue weighted by atomic mass is 10.1. The maximum absolute atomic E-state index is 11.4. The average molecular weight is 323 g/mol. The van der Waals surface area contributed by atoms with Crippen LogP contribution in [0, 0.1) is 11.3 Å². The maximum Gasteiger partial charge on any atom is 0.337 e. The molecule has 0 radical (unpaired) electrons. The molecule has 0 spiro atoms. The first kappa shape index (κ1) is 15.8. The van der Waals surface area contributed by atoms with Gasteiger partial charge in [-0.3, -0.25) is 4.98 Å². The summed E-state index contributed by atoms with van der Waals surface area (Å²) >= 11 is 0. The first-order chi connectivity index (χ1) is 11.6. The third-order valence-electron chi connectivity index (χ3n) is 3.84. The number of aromatic nitrogens is 1. The Balaban J connectivity index is 1.96. The smallest absolute Gasteiger partial charge is 0.337 e. The van der Waals surface area contributed by atoms with E-state index in [2.05, 4.69) is 28.7 Å². The Kier molecular flexibility index (Phi) is 4.31. The van der Waals surface area contributed by atoms with Crippen molar-refractivity contribution < 1.29 is 9.90 Å². The van der Waals surface area contributed by atoms with Gasteiger partial charge in [-0.1, -0.05) is 6.92 Å². The Hall–Kier alpha value is -3.11. The number of anilines is 2. The molecule has 2 aromatic rings. The van der Waals surface area contributed by atoms with E-state index in [4.69, 9.17) is 5.26 Å².